The predicted octanol–water partition coefficient (Wildman–Crippen LogP) is 6.55. The molecule has 3 aliphatic heterocycles. The number of amides is 1. The molecule has 1 N–H and O–H groups in total. The predicted molar refractivity (Wildman–Crippen MR) is 161 cm³/mol. The Kier molecular flexibility index (Phi) is 5.62. The van der Waals surface area contributed by atoms with Crippen molar-refractivity contribution in [2.24, 2.45) is 5.92 Å². The minimum Gasteiger partial charge on any atom is -0.352 e. The monoisotopic (exact) mass is 538 g/mol. The summed E-state index contributed by atoms with van der Waals surface area (Å²) in [6, 6.07) is 28.9. The van der Waals surface area contributed by atoms with Crippen molar-refractivity contribution in [1.29, 1.82) is 0 Å². The topological polar surface area (TPSA) is 66.5 Å². The van der Waals surface area contributed by atoms with Gasteiger partial charge in [-0.15, -0.1) is 0 Å². The van der Waals surface area contributed by atoms with Crippen LogP contribution in [0.4, 0.5) is 11.4 Å². The Morgan fingerprint density at radius 3 is 2.17 bits per heavy atom. The summed E-state index contributed by atoms with van der Waals surface area (Å²) in [6.45, 7) is 6.07. The number of ketones is 2. The number of aryl methyl sites for hydroxylation is 2. The maximum Gasteiger partial charge on any atom is 0.238 e. The number of nitrogens with zero attached hydrogens (tertiary/aromatic N) is 1. The molecule has 4 atom stereocenters. The van der Waals surface area contributed by atoms with Crippen molar-refractivity contribution in [3.05, 3.63) is 137 Å². The van der Waals surface area contributed by atoms with Crippen molar-refractivity contribution in [2.75, 3.05) is 10.2 Å². The molecule has 1 fully saturated rings. The van der Waals surface area contributed by atoms with E-state index in [2.05, 4.69) is 22.4 Å². The first kappa shape index (κ1) is 25.2. The lowest BCUT2D eigenvalue weighted by Crippen LogP contribution is -2.51. The molecule has 0 saturated carbocycles. The molecule has 1 saturated heterocycles. The highest BCUT2D eigenvalue weighted by atomic mass is 16.2. The van der Waals surface area contributed by atoms with Crippen molar-refractivity contribution < 1.29 is 14.4 Å². The van der Waals surface area contributed by atoms with E-state index in [9.17, 15) is 14.4 Å². The summed E-state index contributed by atoms with van der Waals surface area (Å²) in [7, 11) is 0. The van der Waals surface area contributed by atoms with Crippen LogP contribution in [0.5, 0.6) is 0 Å². The molecule has 4 aromatic carbocycles. The van der Waals surface area contributed by atoms with Crippen LogP contribution in [0.25, 0.3) is 5.57 Å². The number of nitrogens with one attached hydrogen (secondary N) is 1. The number of hydrogen-bond acceptors (Lipinski definition) is 4. The molecule has 0 radical (unpaired) electrons. The Morgan fingerprint density at radius 2 is 1.41 bits per heavy atom. The number of hydrogen-bond donors (Lipinski definition) is 1. The largest absolute Gasteiger partial charge is 0.352 e. The van der Waals surface area contributed by atoms with Gasteiger partial charge in [-0.3, -0.25) is 14.4 Å². The maximum absolute atomic E-state index is 14.8. The molecule has 0 aromatic heterocycles. The van der Waals surface area contributed by atoms with E-state index in [0.717, 1.165) is 33.5 Å². The Labute approximate surface area is 239 Å². The smallest absolute Gasteiger partial charge is 0.238 e. The summed E-state index contributed by atoms with van der Waals surface area (Å²) in [5.41, 5.74) is 6.19. The van der Waals surface area contributed by atoms with Gasteiger partial charge in [0.25, 0.3) is 0 Å². The molecule has 0 aliphatic carbocycles. The van der Waals surface area contributed by atoms with Gasteiger partial charge in [0.05, 0.1) is 12.0 Å². The molecule has 3 heterocycles. The highest BCUT2D eigenvalue weighted by Crippen LogP contribution is 2.58. The van der Waals surface area contributed by atoms with E-state index in [0.29, 0.717) is 16.8 Å². The number of rotatable bonds is 4. The van der Waals surface area contributed by atoms with Crippen molar-refractivity contribution >= 4 is 34.4 Å². The number of allylic oxidation sites excluding steroid dienone is 1. The van der Waals surface area contributed by atoms with Crippen molar-refractivity contribution in [1.82, 2.24) is 0 Å². The fourth-order valence-electron chi connectivity index (χ4n) is 7.22. The van der Waals surface area contributed by atoms with Crippen LogP contribution in [0.1, 0.15) is 49.9 Å². The number of carbonyl (C=O) groups excluding carboxylic acids is 3. The van der Waals surface area contributed by atoms with Gasteiger partial charge in [0.2, 0.25) is 5.91 Å². The lowest BCUT2D eigenvalue weighted by atomic mass is 9.64. The van der Waals surface area contributed by atoms with Gasteiger partial charge in [0, 0.05) is 28.1 Å². The highest BCUT2D eigenvalue weighted by Gasteiger charge is 2.70. The normalized spacial score (nSPS) is 23.9. The first-order valence-corrected chi connectivity index (χ1v) is 14.0. The van der Waals surface area contributed by atoms with Crippen molar-refractivity contribution in [3.8, 4) is 0 Å². The maximum atomic E-state index is 14.8. The van der Waals surface area contributed by atoms with E-state index >= 15 is 0 Å². The minimum atomic E-state index is -1.31. The van der Waals surface area contributed by atoms with Gasteiger partial charge in [-0.25, -0.2) is 0 Å². The molecule has 0 bridgehead atoms. The van der Waals surface area contributed by atoms with Crippen LogP contribution in [-0.4, -0.2) is 29.6 Å². The van der Waals surface area contributed by atoms with Crippen LogP contribution < -0.4 is 10.2 Å². The second-order valence-corrected chi connectivity index (χ2v) is 11.5. The molecule has 0 unspecified atom stereocenters. The summed E-state index contributed by atoms with van der Waals surface area (Å²) in [5.74, 6) is -1.60. The lowest BCUT2D eigenvalue weighted by molar-refractivity contribution is -0.121. The zero-order valence-electron chi connectivity index (χ0n) is 23.2. The van der Waals surface area contributed by atoms with Crippen LogP contribution in [0.15, 0.2) is 103 Å². The third-order valence-corrected chi connectivity index (χ3v) is 9.08. The molecule has 5 nitrogen and oxygen atoms in total. The van der Waals surface area contributed by atoms with Crippen LogP contribution in [0.3, 0.4) is 0 Å². The van der Waals surface area contributed by atoms with Gasteiger partial charge >= 0.3 is 0 Å². The molecular weight excluding hydrogens is 508 g/mol. The Hall–Kier alpha value is -4.77. The van der Waals surface area contributed by atoms with Crippen LogP contribution in [-0.2, 0) is 10.2 Å². The number of para-hydroxylation sites is 1. The third-order valence-electron chi connectivity index (χ3n) is 9.08. The first-order chi connectivity index (χ1) is 19.8. The van der Waals surface area contributed by atoms with Crippen molar-refractivity contribution in [3.63, 3.8) is 0 Å². The summed E-state index contributed by atoms with van der Waals surface area (Å²) in [4.78, 5) is 46.0. The first-order valence-electron chi connectivity index (χ1n) is 14.0. The zero-order valence-corrected chi connectivity index (χ0v) is 23.2. The number of benzene rings is 4. The van der Waals surface area contributed by atoms with Gasteiger partial charge in [-0.1, -0.05) is 96.1 Å². The minimum absolute atomic E-state index is 0.169. The molecule has 1 amide bonds. The van der Waals surface area contributed by atoms with Gasteiger partial charge in [0.1, 0.15) is 11.5 Å². The molecule has 7 rings (SSSR count). The van der Waals surface area contributed by atoms with E-state index in [1.807, 2.05) is 99.6 Å². The molecule has 1 spiro atoms. The standard InChI is InChI=1S/C36H30N2O3/c1-21-13-16-25(17-14-21)34(40)32-31(33(39)24-9-5-4-6-10-24)36(27-11-7-8-12-28(27)37-35(36)41)30-20-23(3)26-19-22(2)15-18-29(26)38(30)32/h4-20,30-32H,1-3H3,(H,37,41)/t30-,31-,32-,36-/m0/s1. The number of Topliss-reactive ketones (excluding diaryl/α,β-unsaturated/α-hetero) is 2. The Balaban J connectivity index is 1.56. The third kappa shape index (κ3) is 3.51. The highest BCUT2D eigenvalue weighted by molar-refractivity contribution is 6.18. The van der Waals surface area contributed by atoms with E-state index in [4.69, 9.17) is 0 Å². The Morgan fingerprint density at radius 1 is 0.756 bits per heavy atom. The summed E-state index contributed by atoms with van der Waals surface area (Å²) < 4.78 is 0. The second-order valence-electron chi connectivity index (χ2n) is 11.5. The fourth-order valence-corrected chi connectivity index (χ4v) is 7.22. The molecular formula is C36H30N2O3. The summed E-state index contributed by atoms with van der Waals surface area (Å²) in [6.07, 6.45) is 2.09. The van der Waals surface area contributed by atoms with E-state index < -0.39 is 23.4 Å². The summed E-state index contributed by atoms with van der Waals surface area (Å²) >= 11 is 0. The average Bonchev–Trinajstić information content (AvgIpc) is 3.45. The van der Waals surface area contributed by atoms with Gasteiger partial charge in [-0.2, -0.15) is 0 Å². The number of anilines is 2. The summed E-state index contributed by atoms with van der Waals surface area (Å²) in [5, 5.41) is 3.10. The van der Waals surface area contributed by atoms with Gasteiger partial charge in [0.15, 0.2) is 11.6 Å². The quantitative estimate of drug-likeness (QED) is 0.299. The van der Waals surface area contributed by atoms with E-state index in [1.54, 1.807) is 12.1 Å². The van der Waals surface area contributed by atoms with E-state index in [-0.39, 0.29) is 17.5 Å². The molecule has 5 heteroatoms. The van der Waals surface area contributed by atoms with Crippen molar-refractivity contribution in [2.45, 2.75) is 38.3 Å². The molecule has 4 aromatic rings. The van der Waals surface area contributed by atoms with Gasteiger partial charge in [-0.05, 0) is 50.1 Å². The lowest BCUT2D eigenvalue weighted by Gasteiger charge is -2.39. The molecule has 202 valence electrons. The number of carbonyl (C=O) groups is 3. The Bertz CT molecular complexity index is 1770. The van der Waals surface area contributed by atoms with Gasteiger partial charge < -0.3 is 10.2 Å². The second kappa shape index (κ2) is 9.13. The zero-order chi connectivity index (χ0) is 28.5. The van der Waals surface area contributed by atoms with E-state index in [1.165, 1.54) is 0 Å². The van der Waals surface area contributed by atoms with Crippen LogP contribution in [0.2, 0.25) is 0 Å². The SMILES string of the molecule is CC1=C[C@@H]2N(c3ccc(C)cc31)[C@H](C(=O)c1ccc(C)cc1)[C@@H](C(=O)c1ccccc1)[C@@]21C(=O)Nc2ccccc21. The van der Waals surface area contributed by atoms with Crippen LogP contribution >= 0.6 is 0 Å². The molecule has 3 aliphatic rings. The number of fused-ring (bicyclic) bond motifs is 6. The average molecular weight is 539 g/mol. The van der Waals surface area contributed by atoms with Crippen LogP contribution in [0, 0.1) is 19.8 Å². The fraction of sp³-hybridized carbons (Fsp3) is 0.194. The molecule has 41 heavy (non-hydrogen) atoms.